The second-order valence-electron chi connectivity index (χ2n) is 8.04. The number of benzene rings is 3. The quantitative estimate of drug-likeness (QED) is 0.295. The van der Waals surface area contributed by atoms with Gasteiger partial charge in [-0.3, -0.25) is 18.7 Å². The molecule has 7 heteroatoms. The van der Waals surface area contributed by atoms with Crippen LogP contribution in [-0.2, 0) is 12.8 Å². The Balaban J connectivity index is 1.66. The van der Waals surface area contributed by atoms with Crippen molar-refractivity contribution in [1.82, 2.24) is 19.1 Å². The van der Waals surface area contributed by atoms with Gasteiger partial charge in [-0.15, -0.1) is 0 Å². The third-order valence-corrected chi connectivity index (χ3v) is 6.69. The van der Waals surface area contributed by atoms with Crippen LogP contribution in [0.1, 0.15) is 17.0 Å². The fourth-order valence-corrected chi connectivity index (χ4v) is 4.89. The van der Waals surface area contributed by atoms with Crippen molar-refractivity contribution >= 4 is 33.6 Å². The number of para-hydroxylation sites is 2. The first-order valence-corrected chi connectivity index (χ1v) is 11.6. The molecule has 0 aliphatic carbocycles. The topological polar surface area (TPSA) is 69.8 Å². The molecule has 0 bridgehead atoms. The zero-order chi connectivity index (χ0) is 23.1. The molecule has 0 aliphatic heterocycles. The zero-order valence-electron chi connectivity index (χ0n) is 18.6. The number of fused-ring (bicyclic) bond motifs is 2. The standard InChI is InChI=1S/C26H22N4O2S/c1-16-12-13-17(2)22(14-16)30-25(32)19-9-5-7-11-21(19)28-26(30)33-15-23-27-20-10-6-4-8-18(20)24(31)29(23)3/h4-14H,15H2,1-3H3. The van der Waals surface area contributed by atoms with Gasteiger partial charge in [0.05, 0.1) is 33.2 Å². The van der Waals surface area contributed by atoms with Gasteiger partial charge in [0.1, 0.15) is 5.82 Å². The van der Waals surface area contributed by atoms with Crippen LogP contribution in [0.5, 0.6) is 0 Å². The van der Waals surface area contributed by atoms with Crippen molar-refractivity contribution in [3.8, 4) is 5.69 Å². The van der Waals surface area contributed by atoms with Crippen LogP contribution in [0.25, 0.3) is 27.5 Å². The monoisotopic (exact) mass is 454 g/mol. The van der Waals surface area contributed by atoms with Crippen LogP contribution in [0.2, 0.25) is 0 Å². The molecule has 33 heavy (non-hydrogen) atoms. The molecule has 0 radical (unpaired) electrons. The van der Waals surface area contributed by atoms with Gasteiger partial charge in [-0.2, -0.15) is 0 Å². The molecule has 0 N–H and O–H groups in total. The van der Waals surface area contributed by atoms with E-state index in [-0.39, 0.29) is 11.1 Å². The van der Waals surface area contributed by atoms with Gasteiger partial charge in [0, 0.05) is 7.05 Å². The molecular formula is C26H22N4O2S. The van der Waals surface area contributed by atoms with E-state index in [1.165, 1.54) is 11.8 Å². The van der Waals surface area contributed by atoms with Crippen LogP contribution in [0.3, 0.4) is 0 Å². The lowest BCUT2D eigenvalue weighted by molar-refractivity contribution is 0.778. The molecule has 0 fully saturated rings. The molecule has 0 atom stereocenters. The highest BCUT2D eigenvalue weighted by atomic mass is 32.2. The van der Waals surface area contributed by atoms with Gasteiger partial charge in [0.15, 0.2) is 5.16 Å². The Morgan fingerprint density at radius 3 is 2.18 bits per heavy atom. The van der Waals surface area contributed by atoms with E-state index in [2.05, 4.69) is 0 Å². The number of hydrogen-bond acceptors (Lipinski definition) is 5. The summed E-state index contributed by atoms with van der Waals surface area (Å²) >= 11 is 1.40. The van der Waals surface area contributed by atoms with E-state index in [1.807, 2.05) is 68.4 Å². The largest absolute Gasteiger partial charge is 0.299 e. The Bertz CT molecular complexity index is 1650. The Morgan fingerprint density at radius 1 is 0.818 bits per heavy atom. The Kier molecular flexibility index (Phi) is 5.34. The van der Waals surface area contributed by atoms with Crippen LogP contribution in [0.4, 0.5) is 0 Å². The van der Waals surface area contributed by atoms with Gasteiger partial charge in [0.2, 0.25) is 0 Å². The summed E-state index contributed by atoms with van der Waals surface area (Å²) in [7, 11) is 1.73. The first kappa shape index (κ1) is 21.2. The van der Waals surface area contributed by atoms with Crippen LogP contribution >= 0.6 is 11.8 Å². The van der Waals surface area contributed by atoms with E-state index in [1.54, 1.807) is 28.3 Å². The Morgan fingerprint density at radius 2 is 1.45 bits per heavy atom. The van der Waals surface area contributed by atoms with Crippen LogP contribution in [-0.4, -0.2) is 19.1 Å². The van der Waals surface area contributed by atoms with Crippen LogP contribution < -0.4 is 11.1 Å². The zero-order valence-corrected chi connectivity index (χ0v) is 19.4. The molecule has 2 aromatic heterocycles. The minimum atomic E-state index is -0.114. The average Bonchev–Trinajstić information content (AvgIpc) is 2.82. The van der Waals surface area contributed by atoms with Crippen molar-refractivity contribution in [1.29, 1.82) is 0 Å². The van der Waals surface area contributed by atoms with Gasteiger partial charge in [-0.05, 0) is 55.3 Å². The third-order valence-electron chi connectivity index (χ3n) is 5.76. The molecule has 0 unspecified atom stereocenters. The van der Waals surface area contributed by atoms with Crippen molar-refractivity contribution < 1.29 is 0 Å². The van der Waals surface area contributed by atoms with Gasteiger partial charge in [-0.1, -0.05) is 48.2 Å². The minimum absolute atomic E-state index is 0.0883. The van der Waals surface area contributed by atoms with Crippen LogP contribution in [0, 0.1) is 13.8 Å². The summed E-state index contributed by atoms with van der Waals surface area (Å²) in [6.07, 6.45) is 0. The van der Waals surface area contributed by atoms with E-state index in [9.17, 15) is 9.59 Å². The summed E-state index contributed by atoms with van der Waals surface area (Å²) in [5.74, 6) is 1.02. The number of aryl methyl sites for hydroxylation is 2. The highest BCUT2D eigenvalue weighted by molar-refractivity contribution is 7.98. The van der Waals surface area contributed by atoms with Crippen LogP contribution in [0.15, 0.2) is 81.5 Å². The van der Waals surface area contributed by atoms with E-state index < -0.39 is 0 Å². The lowest BCUT2D eigenvalue weighted by Gasteiger charge is -2.16. The molecule has 6 nitrogen and oxygen atoms in total. The fraction of sp³-hybridized carbons (Fsp3) is 0.154. The number of aromatic nitrogens is 4. The number of hydrogen-bond donors (Lipinski definition) is 0. The Labute approximate surface area is 194 Å². The molecule has 0 saturated heterocycles. The second-order valence-corrected chi connectivity index (χ2v) is 8.98. The summed E-state index contributed by atoms with van der Waals surface area (Å²) < 4.78 is 3.24. The summed E-state index contributed by atoms with van der Waals surface area (Å²) in [5, 5.41) is 1.72. The average molecular weight is 455 g/mol. The number of nitrogens with zero attached hydrogens (tertiary/aromatic N) is 4. The summed E-state index contributed by atoms with van der Waals surface area (Å²) in [6, 6.07) is 20.7. The lowest BCUT2D eigenvalue weighted by Crippen LogP contribution is -2.24. The molecule has 164 valence electrons. The normalized spacial score (nSPS) is 11.4. The predicted molar refractivity (Wildman–Crippen MR) is 133 cm³/mol. The number of rotatable bonds is 4. The molecular weight excluding hydrogens is 432 g/mol. The predicted octanol–water partition coefficient (Wildman–Crippen LogP) is 4.54. The maximum absolute atomic E-state index is 13.6. The van der Waals surface area contributed by atoms with Crippen molar-refractivity contribution in [3.63, 3.8) is 0 Å². The molecule has 3 aromatic carbocycles. The first-order chi connectivity index (χ1) is 15.9. The highest BCUT2D eigenvalue weighted by Crippen LogP contribution is 2.26. The SMILES string of the molecule is Cc1ccc(C)c(-n2c(SCc3nc4ccccc4c(=O)n3C)nc3ccccc3c2=O)c1. The fourth-order valence-electron chi connectivity index (χ4n) is 3.90. The lowest BCUT2D eigenvalue weighted by atomic mass is 10.1. The summed E-state index contributed by atoms with van der Waals surface area (Å²) in [5.41, 5.74) is 3.96. The van der Waals surface area contributed by atoms with E-state index in [4.69, 9.17) is 9.97 Å². The van der Waals surface area contributed by atoms with E-state index in [0.717, 1.165) is 16.8 Å². The second kappa shape index (κ2) is 8.33. The molecule has 0 amide bonds. The molecule has 0 spiro atoms. The first-order valence-electron chi connectivity index (χ1n) is 10.6. The molecule has 0 saturated carbocycles. The smallest absolute Gasteiger partial charge is 0.266 e. The molecule has 2 heterocycles. The number of thioether (sulfide) groups is 1. The van der Waals surface area contributed by atoms with Crippen molar-refractivity contribution in [2.75, 3.05) is 0 Å². The molecule has 0 aliphatic rings. The van der Waals surface area contributed by atoms with Crippen molar-refractivity contribution in [2.45, 2.75) is 24.8 Å². The maximum Gasteiger partial charge on any atom is 0.266 e. The van der Waals surface area contributed by atoms with Gasteiger partial charge >= 0.3 is 0 Å². The molecule has 5 rings (SSSR count). The van der Waals surface area contributed by atoms with Crippen molar-refractivity contribution in [2.24, 2.45) is 7.05 Å². The summed E-state index contributed by atoms with van der Waals surface area (Å²) in [4.78, 5) is 35.9. The highest BCUT2D eigenvalue weighted by Gasteiger charge is 2.16. The van der Waals surface area contributed by atoms with E-state index >= 15 is 0 Å². The Hall–Kier alpha value is -3.71. The van der Waals surface area contributed by atoms with E-state index in [0.29, 0.717) is 38.5 Å². The third kappa shape index (κ3) is 3.74. The van der Waals surface area contributed by atoms with Gasteiger partial charge < -0.3 is 0 Å². The minimum Gasteiger partial charge on any atom is -0.299 e. The van der Waals surface area contributed by atoms with Gasteiger partial charge in [-0.25, -0.2) is 9.97 Å². The maximum atomic E-state index is 13.6. The molecule has 5 aromatic rings. The van der Waals surface area contributed by atoms with Crippen molar-refractivity contribution in [3.05, 3.63) is 104 Å². The van der Waals surface area contributed by atoms with Gasteiger partial charge in [0.25, 0.3) is 11.1 Å². The summed E-state index contributed by atoms with van der Waals surface area (Å²) in [6.45, 7) is 3.99.